The van der Waals surface area contributed by atoms with E-state index in [2.05, 4.69) is 5.32 Å². The monoisotopic (exact) mass is 210 g/mol. The zero-order chi connectivity index (χ0) is 11.4. The van der Waals surface area contributed by atoms with Gasteiger partial charge in [-0.3, -0.25) is 19.7 Å². The minimum atomic E-state index is -0.536. The molecule has 0 aromatic rings. The van der Waals surface area contributed by atoms with Gasteiger partial charge in [0.15, 0.2) is 0 Å². The summed E-state index contributed by atoms with van der Waals surface area (Å²) in [4.78, 5) is 35.4. The Hall–Kier alpha value is -1.65. The van der Waals surface area contributed by atoms with Crippen molar-refractivity contribution in [3.05, 3.63) is 12.2 Å². The molecule has 1 atom stereocenters. The first-order valence-electron chi connectivity index (χ1n) is 4.87. The van der Waals surface area contributed by atoms with Crippen LogP contribution in [0.3, 0.4) is 0 Å². The number of rotatable bonds is 2. The Morgan fingerprint density at radius 3 is 2.80 bits per heavy atom. The fraction of sp³-hybridized carbons (Fsp3) is 0.500. The van der Waals surface area contributed by atoms with Crippen molar-refractivity contribution in [1.82, 2.24) is 10.2 Å². The SMILES string of the molecule is CC=CC(=O)N1CC(=O)NC(=O)C1CC. The van der Waals surface area contributed by atoms with Crippen LogP contribution in [0.2, 0.25) is 0 Å². The van der Waals surface area contributed by atoms with Crippen molar-refractivity contribution < 1.29 is 14.4 Å². The zero-order valence-electron chi connectivity index (χ0n) is 8.82. The molecule has 0 radical (unpaired) electrons. The maximum absolute atomic E-state index is 11.6. The maximum atomic E-state index is 11.6. The quantitative estimate of drug-likeness (QED) is 0.508. The average molecular weight is 210 g/mol. The van der Waals surface area contributed by atoms with Crippen molar-refractivity contribution in [3.63, 3.8) is 0 Å². The van der Waals surface area contributed by atoms with Crippen LogP contribution in [0.5, 0.6) is 0 Å². The predicted octanol–water partition coefficient (Wildman–Crippen LogP) is -0.174. The van der Waals surface area contributed by atoms with Crippen molar-refractivity contribution in [2.24, 2.45) is 0 Å². The van der Waals surface area contributed by atoms with E-state index >= 15 is 0 Å². The summed E-state index contributed by atoms with van der Waals surface area (Å²) in [6, 6.07) is -0.536. The molecule has 3 amide bonds. The summed E-state index contributed by atoms with van der Waals surface area (Å²) in [5.74, 6) is -1.12. The van der Waals surface area contributed by atoms with E-state index in [0.29, 0.717) is 6.42 Å². The van der Waals surface area contributed by atoms with Gasteiger partial charge in [-0.25, -0.2) is 0 Å². The van der Waals surface area contributed by atoms with Crippen LogP contribution in [0.1, 0.15) is 20.3 Å². The van der Waals surface area contributed by atoms with Gasteiger partial charge in [-0.05, 0) is 19.4 Å². The highest BCUT2D eigenvalue weighted by atomic mass is 16.2. The molecule has 0 bridgehead atoms. The van der Waals surface area contributed by atoms with Crippen LogP contribution >= 0.6 is 0 Å². The molecule has 1 N–H and O–H groups in total. The van der Waals surface area contributed by atoms with Crippen LogP contribution < -0.4 is 5.32 Å². The Morgan fingerprint density at radius 2 is 2.27 bits per heavy atom. The van der Waals surface area contributed by atoms with Crippen LogP contribution in [0.15, 0.2) is 12.2 Å². The van der Waals surface area contributed by atoms with Crippen molar-refractivity contribution >= 4 is 17.7 Å². The number of allylic oxidation sites excluding steroid dienone is 1. The lowest BCUT2D eigenvalue weighted by atomic mass is 10.1. The summed E-state index contributed by atoms with van der Waals surface area (Å²) in [5, 5.41) is 2.21. The highest BCUT2D eigenvalue weighted by molar-refractivity contribution is 6.05. The standard InChI is InChI=1S/C10H14N2O3/c1-3-5-9(14)12-6-8(13)11-10(15)7(12)4-2/h3,5,7H,4,6H2,1-2H3,(H,11,13,15). The van der Waals surface area contributed by atoms with Crippen LogP contribution in [0, 0.1) is 0 Å². The van der Waals surface area contributed by atoms with Crippen molar-refractivity contribution in [2.45, 2.75) is 26.3 Å². The molecule has 15 heavy (non-hydrogen) atoms. The number of nitrogens with one attached hydrogen (secondary N) is 1. The molecule has 1 saturated heterocycles. The topological polar surface area (TPSA) is 66.5 Å². The Bertz CT molecular complexity index is 323. The molecule has 5 nitrogen and oxygen atoms in total. The van der Waals surface area contributed by atoms with Gasteiger partial charge in [0.05, 0.1) is 0 Å². The van der Waals surface area contributed by atoms with E-state index in [0.717, 1.165) is 0 Å². The van der Waals surface area contributed by atoms with E-state index < -0.39 is 17.9 Å². The Labute approximate surface area is 88.1 Å². The van der Waals surface area contributed by atoms with Crippen LogP contribution in [0.25, 0.3) is 0 Å². The third-order valence-corrected chi connectivity index (χ3v) is 2.23. The lowest BCUT2D eigenvalue weighted by Gasteiger charge is -2.32. The molecule has 1 aliphatic rings. The normalized spacial score (nSPS) is 22.0. The molecule has 5 heteroatoms. The number of carbonyl (C=O) groups excluding carboxylic acids is 3. The summed E-state index contributed by atoms with van der Waals surface area (Å²) in [5.41, 5.74) is 0. The van der Waals surface area contributed by atoms with Gasteiger partial charge in [0.1, 0.15) is 12.6 Å². The second-order valence-electron chi connectivity index (χ2n) is 3.30. The third kappa shape index (κ3) is 2.43. The van der Waals surface area contributed by atoms with Crippen molar-refractivity contribution in [1.29, 1.82) is 0 Å². The first-order valence-corrected chi connectivity index (χ1v) is 4.87. The molecule has 82 valence electrons. The molecule has 0 aromatic heterocycles. The van der Waals surface area contributed by atoms with Gasteiger partial charge in [-0.1, -0.05) is 13.0 Å². The zero-order valence-corrected chi connectivity index (χ0v) is 8.82. The average Bonchev–Trinajstić information content (AvgIpc) is 2.17. The van der Waals surface area contributed by atoms with Crippen molar-refractivity contribution in [2.75, 3.05) is 6.54 Å². The van der Waals surface area contributed by atoms with Gasteiger partial charge < -0.3 is 4.90 Å². The minimum Gasteiger partial charge on any atom is -0.318 e. The number of nitrogens with zero attached hydrogens (tertiary/aromatic N) is 1. The number of hydrogen-bond acceptors (Lipinski definition) is 3. The maximum Gasteiger partial charge on any atom is 0.249 e. The van der Waals surface area contributed by atoms with Gasteiger partial charge in [-0.2, -0.15) is 0 Å². The van der Waals surface area contributed by atoms with Crippen LogP contribution in [-0.4, -0.2) is 35.2 Å². The predicted molar refractivity (Wildman–Crippen MR) is 53.8 cm³/mol. The lowest BCUT2D eigenvalue weighted by molar-refractivity contribution is -0.147. The van der Waals surface area contributed by atoms with Gasteiger partial charge in [-0.15, -0.1) is 0 Å². The number of imide groups is 1. The second-order valence-corrected chi connectivity index (χ2v) is 3.30. The molecule has 1 heterocycles. The Morgan fingerprint density at radius 1 is 1.60 bits per heavy atom. The van der Waals surface area contributed by atoms with Crippen molar-refractivity contribution in [3.8, 4) is 0 Å². The summed E-state index contributed by atoms with van der Waals surface area (Å²) >= 11 is 0. The second kappa shape index (κ2) is 4.72. The fourth-order valence-electron chi connectivity index (χ4n) is 1.54. The minimum absolute atomic E-state index is 0.0482. The first kappa shape index (κ1) is 11.4. The summed E-state index contributed by atoms with van der Waals surface area (Å²) in [6.45, 7) is 3.47. The van der Waals surface area contributed by atoms with Gasteiger partial charge in [0.2, 0.25) is 17.7 Å². The largest absolute Gasteiger partial charge is 0.318 e. The summed E-state index contributed by atoms with van der Waals surface area (Å²) in [6.07, 6.45) is 3.45. The summed E-state index contributed by atoms with van der Waals surface area (Å²) in [7, 11) is 0. The molecule has 1 fully saturated rings. The van der Waals surface area contributed by atoms with E-state index in [1.54, 1.807) is 19.9 Å². The molecule has 1 aliphatic heterocycles. The third-order valence-electron chi connectivity index (χ3n) is 2.23. The number of amides is 3. The number of carbonyl (C=O) groups is 3. The Balaban J connectivity index is 2.87. The molecule has 0 aliphatic carbocycles. The highest BCUT2D eigenvalue weighted by Gasteiger charge is 2.34. The first-order chi connectivity index (χ1) is 7.10. The summed E-state index contributed by atoms with van der Waals surface area (Å²) < 4.78 is 0. The number of piperazine rings is 1. The molecule has 0 spiro atoms. The van der Waals surface area contributed by atoms with Gasteiger partial charge >= 0.3 is 0 Å². The van der Waals surface area contributed by atoms with E-state index in [1.807, 2.05) is 0 Å². The van der Waals surface area contributed by atoms with Gasteiger partial charge in [0, 0.05) is 0 Å². The van der Waals surface area contributed by atoms with E-state index in [-0.39, 0.29) is 12.5 Å². The van der Waals surface area contributed by atoms with Crippen LogP contribution in [0.4, 0.5) is 0 Å². The van der Waals surface area contributed by atoms with E-state index in [4.69, 9.17) is 0 Å². The molecular weight excluding hydrogens is 196 g/mol. The highest BCUT2D eigenvalue weighted by Crippen LogP contribution is 2.09. The fourth-order valence-corrected chi connectivity index (χ4v) is 1.54. The molecule has 1 rings (SSSR count). The van der Waals surface area contributed by atoms with Crippen LogP contribution in [-0.2, 0) is 14.4 Å². The molecule has 1 unspecified atom stereocenters. The Kier molecular flexibility index (Phi) is 3.60. The smallest absolute Gasteiger partial charge is 0.249 e. The molecular formula is C10H14N2O3. The number of hydrogen-bond donors (Lipinski definition) is 1. The van der Waals surface area contributed by atoms with Gasteiger partial charge in [0.25, 0.3) is 0 Å². The van der Waals surface area contributed by atoms with E-state index in [9.17, 15) is 14.4 Å². The lowest BCUT2D eigenvalue weighted by Crippen LogP contribution is -2.59. The molecule has 0 saturated carbocycles. The van der Waals surface area contributed by atoms with E-state index in [1.165, 1.54) is 11.0 Å². The molecule has 0 aromatic carbocycles.